The Morgan fingerprint density at radius 2 is 1.88 bits per heavy atom. The molecule has 0 radical (unpaired) electrons. The van der Waals surface area contributed by atoms with Crippen molar-refractivity contribution >= 4 is 5.97 Å². The summed E-state index contributed by atoms with van der Waals surface area (Å²) in [6, 6.07) is 1.95. The normalized spacial score (nSPS) is 16.9. The smallest absolute Gasteiger partial charge is 0.316 e. The first-order valence-corrected chi connectivity index (χ1v) is 4.78. The van der Waals surface area contributed by atoms with Gasteiger partial charge in [-0.3, -0.25) is 4.79 Å². The van der Waals surface area contributed by atoms with Gasteiger partial charge in [0.2, 0.25) is 0 Å². The summed E-state index contributed by atoms with van der Waals surface area (Å²) in [5.74, 6) is -3.66. The lowest BCUT2D eigenvalue weighted by molar-refractivity contribution is -0.143. The zero-order valence-corrected chi connectivity index (χ0v) is 8.59. The van der Waals surface area contributed by atoms with Crippen LogP contribution in [0.4, 0.5) is 8.78 Å². The fraction of sp³-hybridized carbons (Fsp3) is 0.364. The van der Waals surface area contributed by atoms with Crippen LogP contribution >= 0.6 is 0 Å². The SMILES string of the molecule is COC(=O)C1(c2cc(F)c(O)c(F)c2)CC1. The predicted octanol–water partition coefficient (Wildman–Crippen LogP) is 1.87. The van der Waals surface area contributed by atoms with E-state index in [1.807, 2.05) is 0 Å². The van der Waals surface area contributed by atoms with E-state index in [1.54, 1.807) is 0 Å². The molecule has 0 amide bonds. The standard InChI is InChI=1S/C11H10F2O3/c1-16-10(15)11(2-3-11)6-4-7(12)9(14)8(13)5-6/h4-5,14H,2-3H2,1H3. The van der Waals surface area contributed by atoms with Gasteiger partial charge >= 0.3 is 5.97 Å². The van der Waals surface area contributed by atoms with Crippen LogP contribution < -0.4 is 0 Å². The van der Waals surface area contributed by atoms with E-state index in [2.05, 4.69) is 4.74 Å². The number of phenols is 1. The lowest BCUT2D eigenvalue weighted by Gasteiger charge is -2.13. The summed E-state index contributed by atoms with van der Waals surface area (Å²) in [4.78, 5) is 11.5. The minimum atomic E-state index is -1.06. The quantitative estimate of drug-likeness (QED) is 0.786. The summed E-state index contributed by atoms with van der Waals surface area (Å²) in [7, 11) is 1.23. The van der Waals surface area contributed by atoms with Gasteiger partial charge in [-0.2, -0.15) is 0 Å². The molecule has 5 heteroatoms. The van der Waals surface area contributed by atoms with Crippen LogP contribution in [0, 0.1) is 11.6 Å². The fourth-order valence-electron chi connectivity index (χ4n) is 1.77. The van der Waals surface area contributed by atoms with Gasteiger partial charge in [-0.1, -0.05) is 0 Å². The Morgan fingerprint density at radius 1 is 1.38 bits per heavy atom. The number of ether oxygens (including phenoxy) is 1. The van der Waals surface area contributed by atoms with Crippen molar-refractivity contribution in [2.75, 3.05) is 7.11 Å². The molecular weight excluding hydrogens is 218 g/mol. The van der Waals surface area contributed by atoms with Crippen molar-refractivity contribution in [2.24, 2.45) is 0 Å². The van der Waals surface area contributed by atoms with Gasteiger partial charge in [-0.05, 0) is 30.5 Å². The van der Waals surface area contributed by atoms with E-state index < -0.39 is 28.8 Å². The summed E-state index contributed by atoms with van der Waals surface area (Å²) < 4.78 is 30.8. The molecule has 0 unspecified atom stereocenters. The van der Waals surface area contributed by atoms with Crippen molar-refractivity contribution in [1.82, 2.24) is 0 Å². The third-order valence-corrected chi connectivity index (χ3v) is 2.90. The molecule has 86 valence electrons. The first-order chi connectivity index (χ1) is 7.51. The highest BCUT2D eigenvalue weighted by molar-refractivity contribution is 5.86. The molecule has 0 saturated heterocycles. The zero-order chi connectivity index (χ0) is 11.9. The third-order valence-electron chi connectivity index (χ3n) is 2.90. The zero-order valence-electron chi connectivity index (χ0n) is 8.59. The number of carbonyl (C=O) groups is 1. The lowest BCUT2D eigenvalue weighted by atomic mass is 9.95. The summed E-state index contributed by atoms with van der Waals surface area (Å²) in [6.45, 7) is 0. The van der Waals surface area contributed by atoms with Gasteiger partial charge in [-0.25, -0.2) is 8.78 Å². The second-order valence-corrected chi connectivity index (χ2v) is 3.86. The molecule has 0 aromatic heterocycles. The van der Waals surface area contributed by atoms with Gasteiger partial charge in [0.1, 0.15) is 0 Å². The van der Waals surface area contributed by atoms with Gasteiger partial charge in [0.15, 0.2) is 17.4 Å². The molecule has 1 aromatic carbocycles. The van der Waals surface area contributed by atoms with Gasteiger partial charge < -0.3 is 9.84 Å². The molecule has 1 N–H and O–H groups in total. The molecular formula is C11H10F2O3. The number of rotatable bonds is 2. The van der Waals surface area contributed by atoms with E-state index in [4.69, 9.17) is 5.11 Å². The molecule has 0 bridgehead atoms. The summed E-state index contributed by atoms with van der Waals surface area (Å²) >= 11 is 0. The third kappa shape index (κ3) is 1.43. The van der Waals surface area contributed by atoms with Crippen LogP contribution in [0.2, 0.25) is 0 Å². The van der Waals surface area contributed by atoms with E-state index in [0.717, 1.165) is 12.1 Å². The van der Waals surface area contributed by atoms with Crippen LogP contribution in [0.15, 0.2) is 12.1 Å². The first kappa shape index (κ1) is 10.9. The first-order valence-electron chi connectivity index (χ1n) is 4.78. The molecule has 0 spiro atoms. The van der Waals surface area contributed by atoms with Crippen molar-refractivity contribution in [3.8, 4) is 5.75 Å². The largest absolute Gasteiger partial charge is 0.503 e. The Bertz CT molecular complexity index is 430. The van der Waals surface area contributed by atoms with Crippen LogP contribution in [0.25, 0.3) is 0 Å². The summed E-state index contributed by atoms with van der Waals surface area (Å²) in [5, 5.41) is 8.95. The van der Waals surface area contributed by atoms with Crippen molar-refractivity contribution < 1.29 is 23.4 Å². The van der Waals surface area contributed by atoms with Crippen LogP contribution in [-0.4, -0.2) is 18.2 Å². The average molecular weight is 228 g/mol. The fourth-order valence-corrected chi connectivity index (χ4v) is 1.77. The monoisotopic (exact) mass is 228 g/mol. The predicted molar refractivity (Wildman–Crippen MR) is 51.0 cm³/mol. The number of carbonyl (C=O) groups excluding carboxylic acids is 1. The van der Waals surface area contributed by atoms with E-state index in [9.17, 15) is 13.6 Å². The number of methoxy groups -OCH3 is 1. The Hall–Kier alpha value is -1.65. The van der Waals surface area contributed by atoms with E-state index in [0.29, 0.717) is 12.8 Å². The Kier molecular flexibility index (Phi) is 2.33. The maximum atomic E-state index is 13.1. The van der Waals surface area contributed by atoms with Crippen LogP contribution in [0.5, 0.6) is 5.75 Å². The molecule has 1 aliphatic carbocycles. The Morgan fingerprint density at radius 3 is 2.25 bits per heavy atom. The van der Waals surface area contributed by atoms with Gasteiger partial charge in [-0.15, -0.1) is 0 Å². The molecule has 1 aromatic rings. The minimum Gasteiger partial charge on any atom is -0.503 e. The highest BCUT2D eigenvalue weighted by atomic mass is 19.1. The van der Waals surface area contributed by atoms with Gasteiger partial charge in [0.05, 0.1) is 12.5 Å². The molecule has 16 heavy (non-hydrogen) atoms. The van der Waals surface area contributed by atoms with Crippen LogP contribution in [0.1, 0.15) is 18.4 Å². The summed E-state index contributed by atoms with van der Waals surface area (Å²) in [5.41, 5.74) is -0.712. The number of halogens is 2. The maximum Gasteiger partial charge on any atom is 0.316 e. The molecule has 1 aliphatic rings. The van der Waals surface area contributed by atoms with Gasteiger partial charge in [0, 0.05) is 0 Å². The van der Waals surface area contributed by atoms with Crippen molar-refractivity contribution in [3.63, 3.8) is 0 Å². The highest BCUT2D eigenvalue weighted by Crippen LogP contribution is 2.50. The topological polar surface area (TPSA) is 46.5 Å². The molecule has 1 fully saturated rings. The number of benzene rings is 1. The maximum absolute atomic E-state index is 13.1. The number of esters is 1. The van der Waals surface area contributed by atoms with Crippen LogP contribution in [-0.2, 0) is 14.9 Å². The van der Waals surface area contributed by atoms with E-state index >= 15 is 0 Å². The Labute approximate surface area is 90.7 Å². The van der Waals surface area contributed by atoms with Gasteiger partial charge in [0.25, 0.3) is 0 Å². The lowest BCUT2D eigenvalue weighted by Crippen LogP contribution is -2.22. The molecule has 0 atom stereocenters. The van der Waals surface area contributed by atoms with E-state index in [1.165, 1.54) is 7.11 Å². The van der Waals surface area contributed by atoms with Crippen molar-refractivity contribution in [1.29, 1.82) is 0 Å². The number of phenolic OH excluding ortho intramolecular Hbond substituents is 1. The van der Waals surface area contributed by atoms with Crippen molar-refractivity contribution in [3.05, 3.63) is 29.3 Å². The highest BCUT2D eigenvalue weighted by Gasteiger charge is 2.53. The molecule has 0 heterocycles. The molecule has 3 nitrogen and oxygen atoms in total. The minimum absolute atomic E-state index is 0.215. The summed E-state index contributed by atoms with van der Waals surface area (Å²) in [6.07, 6.45) is 1.01. The molecule has 2 rings (SSSR count). The van der Waals surface area contributed by atoms with Crippen LogP contribution in [0.3, 0.4) is 0 Å². The van der Waals surface area contributed by atoms with E-state index in [-0.39, 0.29) is 5.56 Å². The second-order valence-electron chi connectivity index (χ2n) is 3.86. The average Bonchev–Trinajstić information content (AvgIpc) is 3.05. The Balaban J connectivity index is 2.46. The molecule has 0 aliphatic heterocycles. The van der Waals surface area contributed by atoms with Crippen molar-refractivity contribution in [2.45, 2.75) is 18.3 Å². The molecule has 1 saturated carbocycles. The number of aromatic hydroxyl groups is 1. The number of hydrogen-bond donors (Lipinski definition) is 1. The second kappa shape index (κ2) is 3.43. The number of hydrogen-bond acceptors (Lipinski definition) is 3.